The van der Waals surface area contributed by atoms with Crippen LogP contribution in [0, 0.1) is 0 Å². The summed E-state index contributed by atoms with van der Waals surface area (Å²) in [6, 6.07) is 15.2. The topological polar surface area (TPSA) is 71.1 Å². The van der Waals surface area contributed by atoms with Gasteiger partial charge in [-0.25, -0.2) is 9.59 Å². The first-order chi connectivity index (χ1) is 14.4. The van der Waals surface area contributed by atoms with Crippen molar-refractivity contribution >= 4 is 11.9 Å². The maximum atomic E-state index is 11.3. The third-order valence-electron chi connectivity index (χ3n) is 3.91. The Labute approximate surface area is 176 Å². The first-order valence-corrected chi connectivity index (χ1v) is 9.48. The van der Waals surface area contributed by atoms with Crippen molar-refractivity contribution in [1.82, 2.24) is 0 Å². The molecule has 2 aromatic carbocycles. The molecule has 0 aromatic heterocycles. The number of carbonyl (C=O) groups is 2. The summed E-state index contributed by atoms with van der Waals surface area (Å²) in [5.74, 6) is 0.535. The number of esters is 2. The first kappa shape index (κ1) is 22.7. The maximum absolute atomic E-state index is 11.3. The van der Waals surface area contributed by atoms with E-state index < -0.39 is 11.9 Å². The van der Waals surface area contributed by atoms with E-state index >= 15 is 0 Å². The van der Waals surface area contributed by atoms with E-state index in [1.807, 2.05) is 48.5 Å². The van der Waals surface area contributed by atoms with E-state index in [0.717, 1.165) is 11.1 Å². The van der Waals surface area contributed by atoms with Gasteiger partial charge in [0.2, 0.25) is 0 Å². The summed E-state index contributed by atoms with van der Waals surface area (Å²) in [4.78, 5) is 22.6. The molecule has 0 N–H and O–H groups in total. The summed E-state index contributed by atoms with van der Waals surface area (Å²) in [7, 11) is 0. The Morgan fingerprint density at radius 1 is 0.633 bits per heavy atom. The van der Waals surface area contributed by atoms with Crippen molar-refractivity contribution in [3.63, 3.8) is 0 Å². The summed E-state index contributed by atoms with van der Waals surface area (Å²) >= 11 is 0. The predicted molar refractivity (Wildman–Crippen MR) is 114 cm³/mol. The van der Waals surface area contributed by atoms with Crippen molar-refractivity contribution in [2.45, 2.75) is 13.8 Å². The number of benzene rings is 2. The molecule has 0 aliphatic carbocycles. The molecule has 2 aromatic rings. The molecule has 0 unspecified atom stereocenters. The van der Waals surface area contributed by atoms with Gasteiger partial charge in [-0.05, 0) is 49.2 Å². The fraction of sp³-hybridized carbons (Fsp3) is 0.250. The lowest BCUT2D eigenvalue weighted by atomic mass is 10.1. The Morgan fingerprint density at radius 3 is 1.27 bits per heavy atom. The lowest BCUT2D eigenvalue weighted by Gasteiger charge is -2.09. The van der Waals surface area contributed by atoms with E-state index in [9.17, 15) is 9.59 Å². The van der Waals surface area contributed by atoms with Crippen LogP contribution in [-0.2, 0) is 19.1 Å². The molecule has 6 heteroatoms. The largest absolute Gasteiger partial charge is 0.490 e. The summed E-state index contributed by atoms with van der Waals surface area (Å²) in [5.41, 5.74) is 2.78. The van der Waals surface area contributed by atoms with Crippen molar-refractivity contribution in [2.75, 3.05) is 26.4 Å². The number of hydrogen-bond acceptors (Lipinski definition) is 6. The minimum Gasteiger partial charge on any atom is -0.490 e. The van der Waals surface area contributed by atoms with Crippen molar-refractivity contribution in [1.29, 1.82) is 0 Å². The highest BCUT2D eigenvalue weighted by Gasteiger charge is 2.05. The van der Waals surface area contributed by atoms with Gasteiger partial charge in [0.05, 0.1) is 0 Å². The third-order valence-corrected chi connectivity index (χ3v) is 3.91. The molecule has 0 saturated heterocycles. The highest BCUT2D eigenvalue weighted by atomic mass is 16.6. The van der Waals surface area contributed by atoms with Crippen molar-refractivity contribution in [3.8, 4) is 22.6 Å². The molecule has 0 atom stereocenters. The lowest BCUT2D eigenvalue weighted by molar-refractivity contribution is -0.140. The number of ether oxygens (including phenoxy) is 4. The first-order valence-electron chi connectivity index (χ1n) is 9.48. The second kappa shape index (κ2) is 11.5. The summed E-state index contributed by atoms with van der Waals surface area (Å²) in [5, 5.41) is 0. The molecule has 158 valence electrons. The van der Waals surface area contributed by atoms with Crippen molar-refractivity contribution < 1.29 is 28.5 Å². The zero-order valence-corrected chi connectivity index (χ0v) is 17.3. The monoisotopic (exact) mass is 410 g/mol. The van der Waals surface area contributed by atoms with Crippen LogP contribution in [0.25, 0.3) is 11.1 Å². The van der Waals surface area contributed by atoms with Crippen LogP contribution in [0.3, 0.4) is 0 Å². The van der Waals surface area contributed by atoms with Gasteiger partial charge in [0, 0.05) is 11.1 Å². The van der Waals surface area contributed by atoms with Gasteiger partial charge < -0.3 is 18.9 Å². The van der Waals surface area contributed by atoms with Gasteiger partial charge in [-0.15, -0.1) is 0 Å². The van der Waals surface area contributed by atoms with Crippen LogP contribution in [0.4, 0.5) is 0 Å². The lowest BCUT2D eigenvalue weighted by Crippen LogP contribution is -2.12. The van der Waals surface area contributed by atoms with E-state index in [-0.39, 0.29) is 26.4 Å². The quantitative estimate of drug-likeness (QED) is 0.312. The van der Waals surface area contributed by atoms with Crippen LogP contribution in [0.2, 0.25) is 0 Å². The van der Waals surface area contributed by atoms with Gasteiger partial charge in [-0.1, -0.05) is 37.4 Å². The van der Waals surface area contributed by atoms with Crippen LogP contribution >= 0.6 is 0 Å². The fourth-order valence-electron chi connectivity index (χ4n) is 2.32. The molecule has 0 fully saturated rings. The van der Waals surface area contributed by atoms with Gasteiger partial charge in [0.1, 0.15) is 37.9 Å². The maximum Gasteiger partial charge on any atom is 0.333 e. The minimum absolute atomic E-state index is 0.168. The summed E-state index contributed by atoms with van der Waals surface area (Å²) < 4.78 is 21.1. The minimum atomic E-state index is -0.422. The van der Waals surface area contributed by atoms with Crippen LogP contribution < -0.4 is 9.47 Å². The Morgan fingerprint density at radius 2 is 0.967 bits per heavy atom. The number of hydrogen-bond donors (Lipinski definition) is 0. The zero-order chi connectivity index (χ0) is 21.9. The second-order valence-electron chi connectivity index (χ2n) is 6.58. The van der Waals surface area contributed by atoms with Gasteiger partial charge in [0.25, 0.3) is 0 Å². The summed E-state index contributed by atoms with van der Waals surface area (Å²) in [6.07, 6.45) is 0. The van der Waals surface area contributed by atoms with Gasteiger partial charge in [0.15, 0.2) is 0 Å². The molecular formula is C24H26O6. The Kier molecular flexibility index (Phi) is 8.69. The predicted octanol–water partition coefficient (Wildman–Crippen LogP) is 4.35. The molecule has 30 heavy (non-hydrogen) atoms. The molecule has 6 nitrogen and oxygen atoms in total. The molecule has 0 heterocycles. The second-order valence-corrected chi connectivity index (χ2v) is 6.58. The molecule has 0 spiro atoms. The van der Waals surface area contributed by atoms with Crippen molar-refractivity contribution in [3.05, 3.63) is 72.8 Å². The third kappa shape index (κ3) is 7.47. The number of carbonyl (C=O) groups excluding carboxylic acids is 2. The molecule has 0 saturated carbocycles. The molecular weight excluding hydrogens is 384 g/mol. The molecule has 2 rings (SSSR count). The molecule has 0 aliphatic heterocycles. The van der Waals surface area contributed by atoms with Gasteiger partial charge in [-0.2, -0.15) is 0 Å². The van der Waals surface area contributed by atoms with Crippen molar-refractivity contribution in [2.24, 2.45) is 0 Å². The van der Waals surface area contributed by atoms with Crippen LogP contribution in [-0.4, -0.2) is 38.4 Å². The Hall–Kier alpha value is -3.54. The Bertz CT molecular complexity index is 805. The standard InChI is InChI=1S/C24H26O6/c1-17(2)23(25)29-15-13-27-21-9-5-19(6-10-21)20-7-11-22(12-8-20)28-14-16-30-24(26)18(3)4/h5-12H,1,3,13-16H2,2,4H3. The normalized spacial score (nSPS) is 10.1. The SMILES string of the molecule is C=C(C)C(=O)OCCOc1ccc(-c2ccc(OCCOC(=O)C(=C)C)cc2)cc1. The van der Waals surface area contributed by atoms with Crippen LogP contribution in [0.1, 0.15) is 13.8 Å². The van der Waals surface area contributed by atoms with E-state index in [1.165, 1.54) is 0 Å². The van der Waals surface area contributed by atoms with E-state index in [2.05, 4.69) is 13.2 Å². The summed E-state index contributed by atoms with van der Waals surface area (Å²) in [6.45, 7) is 11.1. The van der Waals surface area contributed by atoms with Crippen LogP contribution in [0.15, 0.2) is 72.8 Å². The number of rotatable bonds is 11. The Balaban J connectivity index is 1.78. The van der Waals surface area contributed by atoms with Crippen LogP contribution in [0.5, 0.6) is 11.5 Å². The highest BCUT2D eigenvalue weighted by molar-refractivity contribution is 5.87. The molecule has 0 bridgehead atoms. The average Bonchev–Trinajstić information content (AvgIpc) is 2.74. The van der Waals surface area contributed by atoms with E-state index in [0.29, 0.717) is 22.6 Å². The molecule has 0 amide bonds. The van der Waals surface area contributed by atoms with E-state index in [1.54, 1.807) is 13.8 Å². The smallest absolute Gasteiger partial charge is 0.333 e. The fourth-order valence-corrected chi connectivity index (χ4v) is 2.32. The zero-order valence-electron chi connectivity index (χ0n) is 17.3. The van der Waals surface area contributed by atoms with E-state index in [4.69, 9.17) is 18.9 Å². The molecule has 0 aliphatic rings. The van der Waals surface area contributed by atoms with Gasteiger partial charge in [-0.3, -0.25) is 0 Å². The van der Waals surface area contributed by atoms with Gasteiger partial charge >= 0.3 is 11.9 Å². The highest BCUT2D eigenvalue weighted by Crippen LogP contribution is 2.24. The average molecular weight is 410 g/mol. The molecule has 0 radical (unpaired) electrons.